The molecule has 1 fully saturated rings. The summed E-state index contributed by atoms with van der Waals surface area (Å²) in [4.78, 5) is 24.8. The van der Waals surface area contributed by atoms with Gasteiger partial charge in [-0.3, -0.25) is 9.69 Å². The molecule has 86 valence electrons. The van der Waals surface area contributed by atoms with Crippen molar-refractivity contribution in [3.63, 3.8) is 0 Å². The van der Waals surface area contributed by atoms with Crippen molar-refractivity contribution in [1.82, 2.24) is 15.5 Å². The summed E-state index contributed by atoms with van der Waals surface area (Å²) >= 11 is 0. The fourth-order valence-electron chi connectivity index (χ4n) is 1.77. The first-order valence-electron chi connectivity index (χ1n) is 5.27. The van der Waals surface area contributed by atoms with Crippen LogP contribution in [0.3, 0.4) is 0 Å². The molecule has 0 spiro atoms. The highest BCUT2D eigenvalue weighted by atomic mass is 16.2. The summed E-state index contributed by atoms with van der Waals surface area (Å²) < 4.78 is 0. The molecule has 0 radical (unpaired) electrons. The lowest BCUT2D eigenvalue weighted by atomic mass is 10.0. The monoisotopic (exact) mass is 213 g/mol. The lowest BCUT2D eigenvalue weighted by molar-refractivity contribution is -0.129. The van der Waals surface area contributed by atoms with Crippen LogP contribution >= 0.6 is 0 Å². The van der Waals surface area contributed by atoms with Crippen molar-refractivity contribution in [2.24, 2.45) is 5.92 Å². The number of hydrogen-bond acceptors (Lipinski definition) is 3. The summed E-state index contributed by atoms with van der Waals surface area (Å²) in [5, 5.41) is 5.66. The van der Waals surface area contributed by atoms with Crippen LogP contribution in [0, 0.1) is 5.92 Å². The molecule has 0 aromatic heterocycles. The second kappa shape index (κ2) is 4.61. The third kappa shape index (κ3) is 2.28. The molecule has 5 nitrogen and oxygen atoms in total. The Morgan fingerprint density at radius 3 is 2.40 bits per heavy atom. The van der Waals surface area contributed by atoms with Gasteiger partial charge in [-0.05, 0) is 19.9 Å². The Labute approximate surface area is 90.2 Å². The molecule has 15 heavy (non-hydrogen) atoms. The summed E-state index contributed by atoms with van der Waals surface area (Å²) in [7, 11) is 1.80. The zero-order valence-electron chi connectivity index (χ0n) is 9.70. The Morgan fingerprint density at radius 2 is 2.00 bits per heavy atom. The standard InChI is InChI=1S/C10H19N3O2/c1-6(2)8-9(14)13(10(15)12-8)7(3)5-11-4/h6-8,11H,5H2,1-4H3,(H,12,15). The van der Waals surface area contributed by atoms with E-state index in [4.69, 9.17) is 0 Å². The quantitative estimate of drug-likeness (QED) is 0.654. The van der Waals surface area contributed by atoms with E-state index < -0.39 is 0 Å². The molecule has 0 aromatic rings. The van der Waals surface area contributed by atoms with E-state index in [1.165, 1.54) is 4.90 Å². The smallest absolute Gasteiger partial charge is 0.325 e. The Bertz CT molecular complexity index is 265. The molecule has 0 bridgehead atoms. The first kappa shape index (κ1) is 12.0. The molecule has 1 heterocycles. The lowest BCUT2D eigenvalue weighted by Crippen LogP contribution is -2.44. The molecular weight excluding hydrogens is 194 g/mol. The van der Waals surface area contributed by atoms with Gasteiger partial charge in [-0.2, -0.15) is 0 Å². The highest BCUT2D eigenvalue weighted by Gasteiger charge is 2.41. The Hall–Kier alpha value is -1.10. The Kier molecular flexibility index (Phi) is 3.68. The van der Waals surface area contributed by atoms with Crippen molar-refractivity contribution in [2.45, 2.75) is 32.9 Å². The summed E-state index contributed by atoms with van der Waals surface area (Å²) in [5.41, 5.74) is 0. The summed E-state index contributed by atoms with van der Waals surface area (Å²) in [6.07, 6.45) is 0. The van der Waals surface area contributed by atoms with E-state index in [1.54, 1.807) is 7.05 Å². The minimum Gasteiger partial charge on any atom is -0.326 e. The average Bonchev–Trinajstić information content (AvgIpc) is 2.42. The number of nitrogens with zero attached hydrogens (tertiary/aromatic N) is 1. The molecular formula is C10H19N3O2. The van der Waals surface area contributed by atoms with Crippen molar-refractivity contribution >= 4 is 11.9 Å². The summed E-state index contributed by atoms with van der Waals surface area (Å²) in [6.45, 7) is 6.32. The number of hydrogen-bond donors (Lipinski definition) is 2. The van der Waals surface area contributed by atoms with Gasteiger partial charge in [0, 0.05) is 6.54 Å². The third-order valence-corrected chi connectivity index (χ3v) is 2.61. The average molecular weight is 213 g/mol. The van der Waals surface area contributed by atoms with E-state index >= 15 is 0 Å². The maximum absolute atomic E-state index is 11.9. The van der Waals surface area contributed by atoms with Crippen LogP contribution in [0.1, 0.15) is 20.8 Å². The Balaban J connectivity index is 2.74. The summed E-state index contributed by atoms with van der Waals surface area (Å²) in [6, 6.07) is -0.746. The number of carbonyl (C=O) groups is 2. The van der Waals surface area contributed by atoms with Crippen LogP contribution in [0.5, 0.6) is 0 Å². The number of carbonyl (C=O) groups excluding carboxylic acids is 2. The third-order valence-electron chi connectivity index (χ3n) is 2.61. The van der Waals surface area contributed by atoms with E-state index in [-0.39, 0.29) is 29.9 Å². The predicted octanol–water partition coefficient (Wildman–Crippen LogP) is 0.171. The highest BCUT2D eigenvalue weighted by molar-refractivity contribution is 6.04. The predicted molar refractivity (Wildman–Crippen MR) is 57.4 cm³/mol. The normalized spacial score (nSPS) is 23.5. The van der Waals surface area contributed by atoms with Gasteiger partial charge in [-0.1, -0.05) is 13.8 Å². The molecule has 1 saturated heterocycles. The number of likely N-dealkylation sites (N-methyl/N-ethyl adjacent to an activating group) is 1. The van der Waals surface area contributed by atoms with Crippen LogP contribution in [0.2, 0.25) is 0 Å². The largest absolute Gasteiger partial charge is 0.326 e. The maximum Gasteiger partial charge on any atom is 0.325 e. The van der Waals surface area contributed by atoms with Gasteiger partial charge in [0.2, 0.25) is 0 Å². The van der Waals surface area contributed by atoms with Gasteiger partial charge in [-0.25, -0.2) is 4.79 Å². The SMILES string of the molecule is CNCC(C)N1C(=O)NC(C(C)C)C1=O. The fraction of sp³-hybridized carbons (Fsp3) is 0.800. The molecule has 1 aliphatic rings. The van der Waals surface area contributed by atoms with Crippen LogP contribution in [-0.2, 0) is 4.79 Å². The highest BCUT2D eigenvalue weighted by Crippen LogP contribution is 2.15. The van der Waals surface area contributed by atoms with Crippen molar-refractivity contribution in [3.05, 3.63) is 0 Å². The fourth-order valence-corrected chi connectivity index (χ4v) is 1.77. The molecule has 1 aliphatic heterocycles. The minimum atomic E-state index is -0.364. The summed E-state index contributed by atoms with van der Waals surface area (Å²) in [5.74, 6) is 0.0194. The van der Waals surface area contributed by atoms with E-state index in [1.807, 2.05) is 20.8 Å². The van der Waals surface area contributed by atoms with Crippen LogP contribution in [-0.4, -0.2) is 42.5 Å². The number of rotatable bonds is 4. The van der Waals surface area contributed by atoms with Gasteiger partial charge >= 0.3 is 6.03 Å². The molecule has 2 unspecified atom stereocenters. The van der Waals surface area contributed by atoms with Crippen molar-refractivity contribution < 1.29 is 9.59 Å². The molecule has 3 amide bonds. The Morgan fingerprint density at radius 1 is 1.40 bits per heavy atom. The molecule has 5 heteroatoms. The van der Waals surface area contributed by atoms with E-state index in [9.17, 15) is 9.59 Å². The second-order valence-electron chi connectivity index (χ2n) is 4.29. The number of nitrogens with one attached hydrogen (secondary N) is 2. The van der Waals surface area contributed by atoms with Crippen molar-refractivity contribution in [3.8, 4) is 0 Å². The molecule has 0 saturated carbocycles. The topological polar surface area (TPSA) is 61.4 Å². The van der Waals surface area contributed by atoms with Gasteiger partial charge in [-0.15, -0.1) is 0 Å². The van der Waals surface area contributed by atoms with Gasteiger partial charge in [0.15, 0.2) is 0 Å². The van der Waals surface area contributed by atoms with E-state index in [0.717, 1.165) is 0 Å². The molecule has 1 rings (SSSR count). The van der Waals surface area contributed by atoms with Crippen molar-refractivity contribution in [1.29, 1.82) is 0 Å². The zero-order valence-corrected chi connectivity index (χ0v) is 9.70. The van der Waals surface area contributed by atoms with Crippen LogP contribution in [0.4, 0.5) is 4.79 Å². The van der Waals surface area contributed by atoms with Gasteiger partial charge in [0.25, 0.3) is 5.91 Å². The van der Waals surface area contributed by atoms with Crippen LogP contribution in [0.15, 0.2) is 0 Å². The first-order valence-corrected chi connectivity index (χ1v) is 5.27. The number of amides is 3. The van der Waals surface area contributed by atoms with Gasteiger partial charge in [0.1, 0.15) is 6.04 Å². The molecule has 2 N–H and O–H groups in total. The van der Waals surface area contributed by atoms with Crippen LogP contribution < -0.4 is 10.6 Å². The van der Waals surface area contributed by atoms with Crippen LogP contribution in [0.25, 0.3) is 0 Å². The maximum atomic E-state index is 11.9. The van der Waals surface area contributed by atoms with E-state index in [0.29, 0.717) is 6.54 Å². The van der Waals surface area contributed by atoms with Gasteiger partial charge < -0.3 is 10.6 Å². The number of urea groups is 1. The van der Waals surface area contributed by atoms with E-state index in [2.05, 4.69) is 10.6 Å². The molecule has 0 aliphatic carbocycles. The first-order chi connectivity index (χ1) is 6.99. The minimum absolute atomic E-state index is 0.105. The van der Waals surface area contributed by atoms with Gasteiger partial charge in [0.05, 0.1) is 6.04 Å². The van der Waals surface area contributed by atoms with Crippen molar-refractivity contribution in [2.75, 3.05) is 13.6 Å². The second-order valence-corrected chi connectivity index (χ2v) is 4.29. The zero-order chi connectivity index (χ0) is 11.6. The number of imide groups is 1. The lowest BCUT2D eigenvalue weighted by Gasteiger charge is -2.21. The molecule has 2 atom stereocenters. The molecule has 0 aromatic carbocycles.